The van der Waals surface area contributed by atoms with Gasteiger partial charge in [-0.3, -0.25) is 5.43 Å². The van der Waals surface area contributed by atoms with Crippen molar-refractivity contribution in [3.8, 4) is 0 Å². The largest absolute Gasteiger partial charge is 0.395 e. The van der Waals surface area contributed by atoms with Gasteiger partial charge in [-0.05, 0) is 0 Å². The lowest BCUT2D eigenvalue weighted by Crippen LogP contribution is -2.31. The highest BCUT2D eigenvalue weighted by atomic mass is 19.1. The number of rotatable bonds is 6. The molecule has 0 saturated heterocycles. The first-order valence-corrected chi connectivity index (χ1v) is 4.68. The van der Waals surface area contributed by atoms with Gasteiger partial charge in [0.15, 0.2) is 11.6 Å². The van der Waals surface area contributed by atoms with Gasteiger partial charge in [-0.25, -0.2) is 15.2 Å². The van der Waals surface area contributed by atoms with Gasteiger partial charge in [0.1, 0.15) is 0 Å². The summed E-state index contributed by atoms with van der Waals surface area (Å²) in [6, 6.07) is 0. The molecule has 0 fully saturated rings. The average Bonchev–Trinajstić information content (AvgIpc) is 2.29. The van der Waals surface area contributed by atoms with Crippen LogP contribution in [0.3, 0.4) is 0 Å². The SMILES string of the molecule is NNc1ncc(F)c(N(CCO)CCO)n1. The molecule has 5 N–H and O–H groups in total. The van der Waals surface area contributed by atoms with Gasteiger partial charge < -0.3 is 15.1 Å². The smallest absolute Gasteiger partial charge is 0.239 e. The summed E-state index contributed by atoms with van der Waals surface area (Å²) in [7, 11) is 0. The van der Waals surface area contributed by atoms with Crippen molar-refractivity contribution in [1.82, 2.24) is 9.97 Å². The van der Waals surface area contributed by atoms with Crippen LogP contribution in [-0.2, 0) is 0 Å². The minimum absolute atomic E-state index is 0.00829. The zero-order valence-electron chi connectivity index (χ0n) is 8.60. The molecule has 0 amide bonds. The van der Waals surface area contributed by atoms with Gasteiger partial charge in [-0.15, -0.1) is 0 Å². The van der Waals surface area contributed by atoms with E-state index in [1.165, 1.54) is 4.90 Å². The molecule has 0 unspecified atom stereocenters. The van der Waals surface area contributed by atoms with Crippen LogP contribution >= 0.6 is 0 Å². The van der Waals surface area contributed by atoms with Crippen LogP contribution in [-0.4, -0.2) is 46.5 Å². The van der Waals surface area contributed by atoms with E-state index in [1.54, 1.807) is 0 Å². The van der Waals surface area contributed by atoms with E-state index in [1.807, 2.05) is 0 Å². The number of hydrogen-bond acceptors (Lipinski definition) is 7. The van der Waals surface area contributed by atoms with Crippen molar-refractivity contribution >= 4 is 11.8 Å². The number of halogens is 1. The van der Waals surface area contributed by atoms with Crippen molar-refractivity contribution in [2.45, 2.75) is 0 Å². The molecule has 0 aromatic carbocycles. The highest BCUT2D eigenvalue weighted by Crippen LogP contribution is 2.16. The van der Waals surface area contributed by atoms with Gasteiger partial charge in [0.25, 0.3) is 0 Å². The summed E-state index contributed by atoms with van der Waals surface area (Å²) in [4.78, 5) is 8.80. The first-order valence-electron chi connectivity index (χ1n) is 4.68. The molecular weight excluding hydrogens is 217 g/mol. The topological polar surface area (TPSA) is 108 Å². The van der Waals surface area contributed by atoms with Crippen molar-refractivity contribution in [2.75, 3.05) is 36.6 Å². The monoisotopic (exact) mass is 231 g/mol. The minimum atomic E-state index is -0.638. The fourth-order valence-corrected chi connectivity index (χ4v) is 1.21. The molecule has 0 saturated carbocycles. The summed E-state index contributed by atoms with van der Waals surface area (Å²) in [5.41, 5.74) is 2.19. The molecule has 1 aromatic rings. The van der Waals surface area contributed by atoms with E-state index in [4.69, 9.17) is 16.1 Å². The summed E-state index contributed by atoms with van der Waals surface area (Å²) in [5.74, 6) is 4.52. The van der Waals surface area contributed by atoms with Gasteiger partial charge >= 0.3 is 0 Å². The van der Waals surface area contributed by atoms with Crippen LogP contribution in [0.5, 0.6) is 0 Å². The zero-order chi connectivity index (χ0) is 12.0. The van der Waals surface area contributed by atoms with Crippen molar-refractivity contribution in [1.29, 1.82) is 0 Å². The minimum Gasteiger partial charge on any atom is -0.395 e. The van der Waals surface area contributed by atoms with E-state index in [9.17, 15) is 4.39 Å². The summed E-state index contributed by atoms with van der Waals surface area (Å²) in [6.07, 6.45) is 0.972. The Balaban J connectivity index is 2.96. The molecule has 0 atom stereocenters. The maximum Gasteiger partial charge on any atom is 0.239 e. The molecule has 16 heavy (non-hydrogen) atoms. The Morgan fingerprint density at radius 1 is 1.38 bits per heavy atom. The molecule has 90 valence electrons. The Hall–Kier alpha value is -1.51. The molecular formula is C8H14FN5O2. The number of aliphatic hydroxyl groups is 2. The quantitative estimate of drug-likeness (QED) is 0.355. The van der Waals surface area contributed by atoms with Gasteiger partial charge in [0.2, 0.25) is 5.95 Å². The number of hydrogen-bond donors (Lipinski definition) is 4. The molecule has 1 heterocycles. The number of nitrogen functional groups attached to an aromatic ring is 1. The molecule has 7 nitrogen and oxygen atoms in total. The Labute approximate surface area is 91.7 Å². The van der Waals surface area contributed by atoms with Crippen LogP contribution < -0.4 is 16.2 Å². The predicted molar refractivity (Wildman–Crippen MR) is 56.2 cm³/mol. The first-order chi connectivity index (χ1) is 7.72. The second kappa shape index (κ2) is 6.16. The second-order valence-corrected chi connectivity index (χ2v) is 2.94. The van der Waals surface area contributed by atoms with Crippen LogP contribution in [0.2, 0.25) is 0 Å². The van der Waals surface area contributed by atoms with Crippen LogP contribution in [0.1, 0.15) is 0 Å². The first kappa shape index (κ1) is 12.6. The lowest BCUT2D eigenvalue weighted by atomic mass is 10.4. The van der Waals surface area contributed by atoms with E-state index >= 15 is 0 Å². The maximum atomic E-state index is 13.4. The van der Waals surface area contributed by atoms with Gasteiger partial charge in [-0.1, -0.05) is 0 Å². The Morgan fingerprint density at radius 3 is 2.50 bits per heavy atom. The molecule has 1 aromatic heterocycles. The summed E-state index contributed by atoms with van der Waals surface area (Å²) >= 11 is 0. The van der Waals surface area contributed by atoms with E-state index in [2.05, 4.69) is 15.4 Å². The van der Waals surface area contributed by atoms with Crippen molar-refractivity contribution in [2.24, 2.45) is 5.84 Å². The number of hydrazine groups is 1. The molecule has 0 aliphatic carbocycles. The molecule has 1 rings (SSSR count). The van der Waals surface area contributed by atoms with Crippen LogP contribution in [0.25, 0.3) is 0 Å². The summed E-state index contributed by atoms with van der Waals surface area (Å²) < 4.78 is 13.4. The fourth-order valence-electron chi connectivity index (χ4n) is 1.21. The van der Waals surface area contributed by atoms with E-state index < -0.39 is 5.82 Å². The van der Waals surface area contributed by atoms with Crippen LogP contribution in [0.4, 0.5) is 16.2 Å². The highest BCUT2D eigenvalue weighted by Gasteiger charge is 2.13. The lowest BCUT2D eigenvalue weighted by Gasteiger charge is -2.22. The lowest BCUT2D eigenvalue weighted by molar-refractivity contribution is 0.280. The Bertz CT molecular complexity index is 332. The number of aliphatic hydroxyl groups excluding tert-OH is 2. The maximum absolute atomic E-state index is 13.4. The fraction of sp³-hybridized carbons (Fsp3) is 0.500. The van der Waals surface area contributed by atoms with E-state index in [-0.39, 0.29) is 38.1 Å². The third kappa shape index (κ3) is 2.99. The Kier molecular flexibility index (Phi) is 4.83. The van der Waals surface area contributed by atoms with Crippen molar-refractivity contribution in [3.05, 3.63) is 12.0 Å². The number of nitrogens with two attached hydrogens (primary N) is 1. The molecule has 0 aliphatic heterocycles. The average molecular weight is 231 g/mol. The molecule has 0 bridgehead atoms. The molecule has 8 heteroatoms. The van der Waals surface area contributed by atoms with Crippen LogP contribution in [0, 0.1) is 5.82 Å². The zero-order valence-corrected chi connectivity index (χ0v) is 8.60. The molecule has 0 spiro atoms. The molecule has 0 radical (unpaired) electrons. The molecule has 0 aliphatic rings. The number of anilines is 2. The third-order valence-corrected chi connectivity index (χ3v) is 1.89. The predicted octanol–water partition coefficient (Wildman–Crippen LogP) is -1.31. The standard InChI is InChI=1S/C8H14FN5O2/c9-6-5-11-8(13-10)12-7(6)14(1-3-15)2-4-16/h5,15-16H,1-4,10H2,(H,11,12,13). The number of nitrogens with one attached hydrogen (secondary N) is 1. The third-order valence-electron chi connectivity index (χ3n) is 1.89. The van der Waals surface area contributed by atoms with Crippen LogP contribution in [0.15, 0.2) is 6.20 Å². The number of nitrogens with zero attached hydrogens (tertiary/aromatic N) is 3. The second-order valence-electron chi connectivity index (χ2n) is 2.94. The van der Waals surface area contributed by atoms with Crippen molar-refractivity contribution < 1.29 is 14.6 Å². The van der Waals surface area contributed by atoms with Gasteiger partial charge in [0, 0.05) is 13.1 Å². The number of aromatic nitrogens is 2. The van der Waals surface area contributed by atoms with E-state index in [0.29, 0.717) is 0 Å². The summed E-state index contributed by atoms with van der Waals surface area (Å²) in [6.45, 7) is -0.0132. The normalized spacial score (nSPS) is 10.2. The van der Waals surface area contributed by atoms with Gasteiger partial charge in [-0.2, -0.15) is 4.98 Å². The summed E-state index contributed by atoms with van der Waals surface area (Å²) in [5, 5.41) is 17.6. The van der Waals surface area contributed by atoms with Gasteiger partial charge in [0.05, 0.1) is 19.4 Å². The Morgan fingerprint density at radius 2 is 2.00 bits per heavy atom. The highest BCUT2D eigenvalue weighted by molar-refractivity contribution is 5.43. The van der Waals surface area contributed by atoms with E-state index in [0.717, 1.165) is 6.20 Å². The van der Waals surface area contributed by atoms with Crippen molar-refractivity contribution in [3.63, 3.8) is 0 Å².